The molecule has 1 aromatic carbocycles. The van der Waals surface area contributed by atoms with Crippen molar-refractivity contribution >= 4 is 27.1 Å². The van der Waals surface area contributed by atoms with Crippen molar-refractivity contribution in [2.75, 3.05) is 6.54 Å². The lowest BCUT2D eigenvalue weighted by Crippen LogP contribution is -2.38. The Bertz CT molecular complexity index is 745. The number of nitrogens with one attached hydrogen (secondary N) is 1. The smallest absolute Gasteiger partial charge is 0.225 e. The molecule has 0 bridgehead atoms. The van der Waals surface area contributed by atoms with Gasteiger partial charge in [-0.2, -0.15) is 0 Å². The van der Waals surface area contributed by atoms with Crippen LogP contribution in [0, 0.1) is 5.41 Å². The molecular weight excluding hydrogens is 330 g/mol. The van der Waals surface area contributed by atoms with Crippen molar-refractivity contribution in [2.24, 2.45) is 5.41 Å². The molecule has 1 amide bonds. The highest BCUT2D eigenvalue weighted by Gasteiger charge is 2.31. The number of carbonyl (C=O) groups is 1. The van der Waals surface area contributed by atoms with Gasteiger partial charge in [0.25, 0.3) is 0 Å². The number of rotatable bonds is 5. The number of thiophene rings is 1. The standard InChI is InChI=1S/C17H21NO3S2/c1-17(2,3)16(19)18-12-14(13-8-5-4-6-9-13)23(20,21)15-10-7-11-22-15/h4-11,14H,12H2,1-3H3,(H,18,19)/t14-/m0/s1. The van der Waals surface area contributed by atoms with Crippen LogP contribution in [0.4, 0.5) is 0 Å². The van der Waals surface area contributed by atoms with Crippen LogP contribution in [0.3, 0.4) is 0 Å². The van der Waals surface area contributed by atoms with Gasteiger partial charge in [0.05, 0.1) is 0 Å². The molecule has 1 N–H and O–H groups in total. The van der Waals surface area contributed by atoms with Gasteiger partial charge in [0.15, 0.2) is 9.84 Å². The molecule has 1 heterocycles. The molecule has 1 aromatic heterocycles. The summed E-state index contributed by atoms with van der Waals surface area (Å²) in [7, 11) is -3.55. The molecule has 4 nitrogen and oxygen atoms in total. The fourth-order valence-electron chi connectivity index (χ4n) is 2.09. The van der Waals surface area contributed by atoms with Crippen LogP contribution in [0.1, 0.15) is 31.6 Å². The van der Waals surface area contributed by atoms with Crippen molar-refractivity contribution in [3.05, 3.63) is 53.4 Å². The van der Waals surface area contributed by atoms with Gasteiger partial charge in [-0.25, -0.2) is 8.42 Å². The summed E-state index contributed by atoms with van der Waals surface area (Å²) in [5, 5.41) is 3.72. The Kier molecular flexibility index (Phi) is 5.26. The van der Waals surface area contributed by atoms with E-state index < -0.39 is 20.5 Å². The molecule has 0 aliphatic rings. The molecule has 0 spiro atoms. The Labute approximate surface area is 141 Å². The average molecular weight is 351 g/mol. The lowest BCUT2D eigenvalue weighted by molar-refractivity contribution is -0.128. The molecule has 0 fully saturated rings. The summed E-state index contributed by atoms with van der Waals surface area (Å²) < 4.78 is 26.1. The molecule has 0 saturated heterocycles. The zero-order valence-electron chi connectivity index (χ0n) is 13.4. The van der Waals surface area contributed by atoms with Crippen molar-refractivity contribution in [2.45, 2.75) is 30.2 Å². The van der Waals surface area contributed by atoms with Crippen LogP contribution in [0.15, 0.2) is 52.1 Å². The van der Waals surface area contributed by atoms with E-state index in [1.807, 2.05) is 6.07 Å². The average Bonchev–Trinajstić information content (AvgIpc) is 3.02. The van der Waals surface area contributed by atoms with Gasteiger partial charge in [-0.05, 0) is 17.0 Å². The summed E-state index contributed by atoms with van der Waals surface area (Å²) in [6.45, 7) is 5.45. The number of benzene rings is 1. The maximum Gasteiger partial charge on any atom is 0.225 e. The number of hydrogen-bond acceptors (Lipinski definition) is 4. The molecule has 0 aliphatic heterocycles. The van der Waals surface area contributed by atoms with Gasteiger partial charge in [0, 0.05) is 12.0 Å². The summed E-state index contributed by atoms with van der Waals surface area (Å²) in [6, 6.07) is 12.3. The van der Waals surface area contributed by atoms with Crippen LogP contribution in [0.2, 0.25) is 0 Å². The Morgan fingerprint density at radius 1 is 1.13 bits per heavy atom. The first-order valence-corrected chi connectivity index (χ1v) is 9.76. The predicted molar refractivity (Wildman–Crippen MR) is 93.2 cm³/mol. The van der Waals surface area contributed by atoms with Crippen molar-refractivity contribution < 1.29 is 13.2 Å². The molecule has 1 atom stereocenters. The van der Waals surface area contributed by atoms with Gasteiger partial charge < -0.3 is 5.32 Å². The number of carbonyl (C=O) groups excluding carboxylic acids is 1. The Morgan fingerprint density at radius 2 is 1.78 bits per heavy atom. The highest BCUT2D eigenvalue weighted by Crippen LogP contribution is 2.31. The monoisotopic (exact) mass is 351 g/mol. The SMILES string of the molecule is CC(C)(C)C(=O)NC[C@@H](c1ccccc1)S(=O)(=O)c1cccs1. The fraction of sp³-hybridized carbons (Fsp3) is 0.353. The van der Waals surface area contributed by atoms with E-state index in [-0.39, 0.29) is 12.5 Å². The topological polar surface area (TPSA) is 63.2 Å². The molecule has 124 valence electrons. The highest BCUT2D eigenvalue weighted by atomic mass is 32.2. The minimum atomic E-state index is -3.55. The summed E-state index contributed by atoms with van der Waals surface area (Å²) in [5.74, 6) is -0.167. The lowest BCUT2D eigenvalue weighted by atomic mass is 9.95. The second-order valence-electron chi connectivity index (χ2n) is 6.34. The molecule has 23 heavy (non-hydrogen) atoms. The van der Waals surface area contributed by atoms with Crippen molar-refractivity contribution in [3.63, 3.8) is 0 Å². The lowest BCUT2D eigenvalue weighted by Gasteiger charge is -2.22. The van der Waals surface area contributed by atoms with Gasteiger partial charge in [0.1, 0.15) is 9.46 Å². The molecule has 0 aliphatic carbocycles. The zero-order chi connectivity index (χ0) is 17.1. The largest absolute Gasteiger partial charge is 0.354 e. The van der Waals surface area contributed by atoms with Crippen LogP contribution < -0.4 is 5.32 Å². The fourth-order valence-corrected chi connectivity index (χ4v) is 4.96. The molecule has 0 unspecified atom stereocenters. The third kappa shape index (κ3) is 4.20. The van der Waals surface area contributed by atoms with E-state index in [9.17, 15) is 13.2 Å². The third-order valence-electron chi connectivity index (χ3n) is 3.45. The minimum absolute atomic E-state index is 0.0559. The van der Waals surface area contributed by atoms with Crippen molar-refractivity contribution in [1.82, 2.24) is 5.32 Å². The summed E-state index contributed by atoms with van der Waals surface area (Å²) in [4.78, 5) is 12.1. The van der Waals surface area contributed by atoms with Gasteiger partial charge in [0.2, 0.25) is 5.91 Å². The second-order valence-corrected chi connectivity index (χ2v) is 9.64. The first-order chi connectivity index (χ1) is 10.7. The second kappa shape index (κ2) is 6.84. The number of amides is 1. The first-order valence-electron chi connectivity index (χ1n) is 7.33. The molecule has 2 aromatic rings. The maximum atomic E-state index is 12.9. The maximum absolute atomic E-state index is 12.9. The van der Waals surface area contributed by atoms with Crippen molar-refractivity contribution in [3.8, 4) is 0 Å². The molecule has 0 saturated carbocycles. The summed E-state index contributed by atoms with van der Waals surface area (Å²) in [5.41, 5.74) is 0.114. The summed E-state index contributed by atoms with van der Waals surface area (Å²) >= 11 is 1.19. The van der Waals surface area contributed by atoms with E-state index in [4.69, 9.17) is 0 Å². The van der Waals surface area contributed by atoms with Crippen LogP contribution in [0.25, 0.3) is 0 Å². The van der Waals surface area contributed by atoms with Crippen LogP contribution in [0.5, 0.6) is 0 Å². The Balaban J connectivity index is 2.33. The van der Waals surface area contributed by atoms with Gasteiger partial charge in [-0.1, -0.05) is 57.2 Å². The highest BCUT2D eigenvalue weighted by molar-refractivity contribution is 7.93. The van der Waals surface area contributed by atoms with Crippen LogP contribution in [-0.4, -0.2) is 20.9 Å². The molecular formula is C17H21NO3S2. The third-order valence-corrected chi connectivity index (χ3v) is 6.98. The summed E-state index contributed by atoms with van der Waals surface area (Å²) in [6.07, 6.45) is 0. The quantitative estimate of drug-likeness (QED) is 0.898. The number of sulfone groups is 1. The Hall–Kier alpha value is -1.66. The normalized spacial score (nSPS) is 13.5. The van der Waals surface area contributed by atoms with E-state index >= 15 is 0 Å². The van der Waals surface area contributed by atoms with Crippen LogP contribution in [-0.2, 0) is 14.6 Å². The van der Waals surface area contributed by atoms with E-state index in [0.717, 1.165) is 0 Å². The van der Waals surface area contributed by atoms with Crippen LogP contribution >= 0.6 is 11.3 Å². The van der Waals surface area contributed by atoms with Gasteiger partial charge >= 0.3 is 0 Å². The first kappa shape index (κ1) is 17.7. The molecule has 2 rings (SSSR count). The van der Waals surface area contributed by atoms with E-state index in [1.165, 1.54) is 11.3 Å². The molecule has 6 heteroatoms. The number of hydrogen-bond donors (Lipinski definition) is 1. The van der Waals surface area contributed by atoms with Gasteiger partial charge in [-0.15, -0.1) is 11.3 Å². The van der Waals surface area contributed by atoms with E-state index in [0.29, 0.717) is 9.77 Å². The Morgan fingerprint density at radius 3 is 2.30 bits per heavy atom. The predicted octanol–water partition coefficient (Wildman–Crippen LogP) is 3.43. The van der Waals surface area contributed by atoms with E-state index in [1.54, 1.807) is 62.5 Å². The van der Waals surface area contributed by atoms with E-state index in [2.05, 4.69) is 5.32 Å². The minimum Gasteiger partial charge on any atom is -0.354 e. The van der Waals surface area contributed by atoms with Crippen molar-refractivity contribution in [1.29, 1.82) is 0 Å². The zero-order valence-corrected chi connectivity index (χ0v) is 15.1. The van der Waals surface area contributed by atoms with Gasteiger partial charge in [-0.3, -0.25) is 4.79 Å². The molecule has 0 radical (unpaired) electrons.